The minimum atomic E-state index is -0.585. The van der Waals surface area contributed by atoms with E-state index in [2.05, 4.69) is 5.32 Å². The topological polar surface area (TPSA) is 97.5 Å². The van der Waals surface area contributed by atoms with E-state index in [0.29, 0.717) is 17.1 Å². The number of rotatable bonds is 4. The number of carbonyl (C=O) groups excluding carboxylic acids is 2. The number of nitrogens with zero attached hydrogens (tertiary/aromatic N) is 3. The van der Waals surface area contributed by atoms with E-state index < -0.39 is 16.7 Å². The summed E-state index contributed by atoms with van der Waals surface area (Å²) in [6.45, 7) is 3.82. The van der Waals surface area contributed by atoms with Gasteiger partial charge in [0.05, 0.1) is 10.6 Å². The largest absolute Gasteiger partial charge is 0.317 e. The van der Waals surface area contributed by atoms with Crippen molar-refractivity contribution >= 4 is 46.6 Å². The van der Waals surface area contributed by atoms with Crippen LogP contribution in [0.15, 0.2) is 66.4 Å². The Morgan fingerprint density at radius 2 is 1.75 bits per heavy atom. The summed E-state index contributed by atoms with van der Waals surface area (Å²) in [7, 11) is 0. The standard InChI is InChI=1S/C23H18N4O4S/c1-14-5-3-7-20(15(14)2)26-22(29)19(21(28)24-23(26)32)13-18-6-4-12-25(18)16-8-10-17(11-9-16)27(30)31/h3-13H,1-2H3,(H,24,28,32)/b19-13+. The van der Waals surface area contributed by atoms with Crippen LogP contribution >= 0.6 is 12.2 Å². The van der Waals surface area contributed by atoms with Crippen LogP contribution in [0.4, 0.5) is 11.4 Å². The van der Waals surface area contributed by atoms with Crippen molar-refractivity contribution < 1.29 is 14.5 Å². The number of aryl methyl sites for hydroxylation is 1. The average molecular weight is 446 g/mol. The van der Waals surface area contributed by atoms with Crippen molar-refractivity contribution in [1.82, 2.24) is 9.88 Å². The lowest BCUT2D eigenvalue weighted by Crippen LogP contribution is -2.54. The molecular weight excluding hydrogens is 428 g/mol. The minimum absolute atomic E-state index is 0.0246. The Balaban J connectivity index is 1.74. The third-order valence-electron chi connectivity index (χ3n) is 5.33. The van der Waals surface area contributed by atoms with Crippen molar-refractivity contribution in [3.8, 4) is 5.69 Å². The van der Waals surface area contributed by atoms with E-state index in [1.165, 1.54) is 23.1 Å². The summed E-state index contributed by atoms with van der Waals surface area (Å²) in [5.74, 6) is -1.11. The molecule has 2 heterocycles. The highest BCUT2D eigenvalue weighted by Gasteiger charge is 2.35. The number of hydrogen-bond donors (Lipinski definition) is 1. The van der Waals surface area contributed by atoms with Crippen LogP contribution in [0.1, 0.15) is 16.8 Å². The fourth-order valence-electron chi connectivity index (χ4n) is 3.48. The van der Waals surface area contributed by atoms with Gasteiger partial charge in [-0.25, -0.2) is 0 Å². The molecule has 9 heteroatoms. The maximum absolute atomic E-state index is 13.3. The molecule has 1 fully saturated rings. The summed E-state index contributed by atoms with van der Waals surface area (Å²) in [6, 6.07) is 15.0. The number of aromatic nitrogens is 1. The van der Waals surface area contributed by atoms with E-state index in [4.69, 9.17) is 12.2 Å². The average Bonchev–Trinajstić information content (AvgIpc) is 3.22. The molecule has 8 nitrogen and oxygen atoms in total. The molecule has 3 aromatic rings. The van der Waals surface area contributed by atoms with Crippen molar-refractivity contribution in [1.29, 1.82) is 0 Å². The fraction of sp³-hybridized carbons (Fsp3) is 0.0870. The summed E-state index contributed by atoms with van der Waals surface area (Å²) in [6.07, 6.45) is 3.23. The first-order valence-corrected chi connectivity index (χ1v) is 10.1. The highest BCUT2D eigenvalue weighted by Crippen LogP contribution is 2.27. The lowest BCUT2D eigenvalue weighted by atomic mass is 10.0. The molecule has 0 spiro atoms. The number of non-ortho nitro benzene ring substituents is 1. The fourth-order valence-corrected chi connectivity index (χ4v) is 3.76. The Kier molecular flexibility index (Phi) is 5.41. The van der Waals surface area contributed by atoms with Crippen LogP contribution in [-0.4, -0.2) is 26.4 Å². The molecule has 0 saturated carbocycles. The highest BCUT2D eigenvalue weighted by atomic mass is 32.1. The Morgan fingerprint density at radius 3 is 2.44 bits per heavy atom. The number of benzene rings is 2. The molecule has 160 valence electrons. The van der Waals surface area contributed by atoms with E-state index >= 15 is 0 Å². The quantitative estimate of drug-likeness (QED) is 0.216. The zero-order valence-electron chi connectivity index (χ0n) is 17.2. The number of nitrogens with one attached hydrogen (secondary N) is 1. The first kappa shape index (κ1) is 21.1. The van der Waals surface area contributed by atoms with E-state index in [1.54, 1.807) is 41.1 Å². The molecule has 1 N–H and O–H groups in total. The van der Waals surface area contributed by atoms with Crippen molar-refractivity contribution in [2.24, 2.45) is 0 Å². The van der Waals surface area contributed by atoms with Gasteiger partial charge < -0.3 is 4.57 Å². The van der Waals surface area contributed by atoms with Gasteiger partial charge in [-0.15, -0.1) is 0 Å². The van der Waals surface area contributed by atoms with Crippen molar-refractivity contribution in [2.45, 2.75) is 13.8 Å². The van der Waals surface area contributed by atoms with Crippen LogP contribution in [0.2, 0.25) is 0 Å². The molecule has 0 aliphatic carbocycles. The second-order valence-electron chi connectivity index (χ2n) is 7.25. The van der Waals surface area contributed by atoms with Gasteiger partial charge in [0.2, 0.25) is 0 Å². The highest BCUT2D eigenvalue weighted by molar-refractivity contribution is 7.80. The normalized spacial score (nSPS) is 15.2. The van der Waals surface area contributed by atoms with Crippen LogP contribution < -0.4 is 10.2 Å². The third-order valence-corrected chi connectivity index (χ3v) is 5.61. The van der Waals surface area contributed by atoms with Gasteiger partial charge >= 0.3 is 0 Å². The van der Waals surface area contributed by atoms with Crippen molar-refractivity contribution in [3.63, 3.8) is 0 Å². The molecule has 1 aliphatic rings. The zero-order chi connectivity index (χ0) is 23.0. The Hall–Kier alpha value is -4.11. The van der Waals surface area contributed by atoms with Crippen LogP contribution in [0.25, 0.3) is 11.8 Å². The molecule has 2 aromatic carbocycles. The predicted octanol–water partition coefficient (Wildman–Crippen LogP) is 3.83. The molecule has 0 atom stereocenters. The van der Waals surface area contributed by atoms with Gasteiger partial charge in [0.25, 0.3) is 17.5 Å². The van der Waals surface area contributed by atoms with Crippen LogP contribution in [0, 0.1) is 24.0 Å². The number of amides is 2. The van der Waals surface area contributed by atoms with E-state index in [0.717, 1.165) is 11.1 Å². The molecule has 4 rings (SSSR count). The van der Waals surface area contributed by atoms with E-state index in [9.17, 15) is 19.7 Å². The Bertz CT molecular complexity index is 1310. The number of thiocarbonyl (C=S) groups is 1. The smallest absolute Gasteiger partial charge is 0.270 e. The van der Waals surface area contributed by atoms with Gasteiger partial charge in [-0.2, -0.15) is 0 Å². The number of nitro groups is 1. The molecule has 1 saturated heterocycles. The van der Waals surface area contributed by atoms with Gasteiger partial charge in [0.1, 0.15) is 5.57 Å². The van der Waals surface area contributed by atoms with E-state index in [1.807, 2.05) is 26.0 Å². The molecule has 1 aromatic heterocycles. The minimum Gasteiger partial charge on any atom is -0.317 e. The summed E-state index contributed by atoms with van der Waals surface area (Å²) >= 11 is 5.29. The van der Waals surface area contributed by atoms with Gasteiger partial charge in [0, 0.05) is 29.7 Å². The lowest BCUT2D eigenvalue weighted by molar-refractivity contribution is -0.384. The molecule has 1 aliphatic heterocycles. The second kappa shape index (κ2) is 8.20. The van der Waals surface area contributed by atoms with Crippen molar-refractivity contribution in [3.05, 3.63) is 93.3 Å². The van der Waals surface area contributed by atoms with Gasteiger partial charge in [0.15, 0.2) is 5.11 Å². The SMILES string of the molecule is Cc1cccc(N2C(=O)/C(=C/c3cccn3-c3ccc([N+](=O)[O-])cc3)C(=O)NC2=S)c1C. The number of anilines is 1. The summed E-state index contributed by atoms with van der Waals surface area (Å²) in [5.41, 5.74) is 3.60. The monoisotopic (exact) mass is 446 g/mol. The first-order chi connectivity index (χ1) is 15.3. The second-order valence-corrected chi connectivity index (χ2v) is 7.64. The van der Waals surface area contributed by atoms with Gasteiger partial charge in [-0.1, -0.05) is 12.1 Å². The lowest BCUT2D eigenvalue weighted by Gasteiger charge is -2.30. The Morgan fingerprint density at radius 1 is 1.03 bits per heavy atom. The van der Waals surface area contributed by atoms with E-state index in [-0.39, 0.29) is 16.4 Å². The first-order valence-electron chi connectivity index (χ1n) is 9.68. The van der Waals surface area contributed by atoms with Crippen LogP contribution in [0.5, 0.6) is 0 Å². The van der Waals surface area contributed by atoms with Gasteiger partial charge in [-0.3, -0.25) is 29.9 Å². The molecule has 0 unspecified atom stereocenters. The van der Waals surface area contributed by atoms with Crippen LogP contribution in [0.3, 0.4) is 0 Å². The summed E-state index contributed by atoms with van der Waals surface area (Å²) in [5, 5.41) is 13.5. The molecular formula is C23H18N4O4S. The van der Waals surface area contributed by atoms with Gasteiger partial charge in [-0.05, 0) is 73.6 Å². The molecule has 2 amide bonds. The number of hydrogen-bond acceptors (Lipinski definition) is 5. The molecule has 0 radical (unpaired) electrons. The number of carbonyl (C=O) groups is 2. The summed E-state index contributed by atoms with van der Waals surface area (Å²) < 4.78 is 1.73. The maximum atomic E-state index is 13.3. The number of nitro benzene ring substituents is 1. The maximum Gasteiger partial charge on any atom is 0.270 e. The Labute approximate surface area is 188 Å². The predicted molar refractivity (Wildman–Crippen MR) is 125 cm³/mol. The molecule has 0 bridgehead atoms. The summed E-state index contributed by atoms with van der Waals surface area (Å²) in [4.78, 5) is 37.7. The van der Waals surface area contributed by atoms with Crippen molar-refractivity contribution in [2.75, 3.05) is 4.90 Å². The van der Waals surface area contributed by atoms with Crippen LogP contribution in [-0.2, 0) is 9.59 Å². The third kappa shape index (κ3) is 3.69. The zero-order valence-corrected chi connectivity index (χ0v) is 18.1. The molecule has 32 heavy (non-hydrogen) atoms.